The van der Waals surface area contributed by atoms with Crippen molar-refractivity contribution in [2.45, 2.75) is 45.4 Å². The second-order valence-electron chi connectivity index (χ2n) is 9.11. The van der Waals surface area contributed by atoms with Gasteiger partial charge >= 0.3 is 0 Å². The van der Waals surface area contributed by atoms with Gasteiger partial charge < -0.3 is 9.80 Å². The summed E-state index contributed by atoms with van der Waals surface area (Å²) >= 11 is 0. The third kappa shape index (κ3) is 4.08. The summed E-state index contributed by atoms with van der Waals surface area (Å²) in [4.78, 5) is 22.1. The Morgan fingerprint density at radius 1 is 1.28 bits per heavy atom. The van der Waals surface area contributed by atoms with Gasteiger partial charge in [-0.1, -0.05) is 44.2 Å². The Balaban J connectivity index is 1.45. The van der Waals surface area contributed by atoms with Crippen LogP contribution in [0.15, 0.2) is 30.3 Å². The molecule has 1 aromatic heterocycles. The van der Waals surface area contributed by atoms with E-state index in [1.807, 2.05) is 20.8 Å². The predicted molar refractivity (Wildman–Crippen MR) is 114 cm³/mol. The second-order valence-corrected chi connectivity index (χ2v) is 9.11. The standard InChI is InChI=1S/C23H33N5O/c1-17(2)21(29)28-15-20-14-27(12-7-10-19-8-5-4-6-9-19)13-11-23(20,16-28)22-24-18(3)25-26-22/h4-6,8-9,17,20H,7,10-16H2,1-3H3,(H,24,25,26)/t20-,23-/m1/s1. The molecule has 1 N–H and O–H groups in total. The van der Waals surface area contributed by atoms with Gasteiger partial charge in [0.25, 0.3) is 0 Å². The highest BCUT2D eigenvalue weighted by Gasteiger charge is 2.53. The average molecular weight is 396 g/mol. The summed E-state index contributed by atoms with van der Waals surface area (Å²) in [5.41, 5.74) is 1.30. The second kappa shape index (κ2) is 8.27. The Morgan fingerprint density at radius 2 is 2.07 bits per heavy atom. The third-order valence-electron chi connectivity index (χ3n) is 6.68. The van der Waals surface area contributed by atoms with Crippen molar-refractivity contribution in [3.63, 3.8) is 0 Å². The Bertz CT molecular complexity index is 833. The van der Waals surface area contributed by atoms with Gasteiger partial charge in [-0.25, -0.2) is 4.98 Å². The molecule has 3 heterocycles. The lowest BCUT2D eigenvalue weighted by Crippen LogP contribution is -2.50. The van der Waals surface area contributed by atoms with E-state index >= 15 is 0 Å². The van der Waals surface area contributed by atoms with E-state index in [-0.39, 0.29) is 17.2 Å². The van der Waals surface area contributed by atoms with Crippen LogP contribution in [-0.2, 0) is 16.6 Å². The van der Waals surface area contributed by atoms with E-state index in [4.69, 9.17) is 4.98 Å². The first-order valence-corrected chi connectivity index (χ1v) is 10.9. The van der Waals surface area contributed by atoms with Gasteiger partial charge in [-0.2, -0.15) is 5.10 Å². The highest BCUT2D eigenvalue weighted by Crippen LogP contribution is 2.44. The first-order chi connectivity index (χ1) is 14.0. The smallest absolute Gasteiger partial charge is 0.225 e. The minimum atomic E-state index is -0.106. The molecule has 2 aliphatic rings. The SMILES string of the molecule is Cc1nc([C@@]23CCN(CCCc4ccccc4)C[C@@H]2CN(C(=O)C(C)C)C3)n[nH]1. The van der Waals surface area contributed by atoms with Gasteiger partial charge in [-0.15, -0.1) is 0 Å². The zero-order valence-electron chi connectivity index (χ0n) is 17.9. The van der Waals surface area contributed by atoms with Crippen LogP contribution in [0.2, 0.25) is 0 Å². The van der Waals surface area contributed by atoms with Crippen LogP contribution in [-0.4, -0.2) is 63.6 Å². The zero-order chi connectivity index (χ0) is 20.4. The number of nitrogens with one attached hydrogen (secondary N) is 1. The van der Waals surface area contributed by atoms with Gasteiger partial charge in [0.15, 0.2) is 5.82 Å². The van der Waals surface area contributed by atoms with Crippen LogP contribution in [0.25, 0.3) is 0 Å². The van der Waals surface area contributed by atoms with E-state index in [0.29, 0.717) is 5.92 Å². The Hall–Kier alpha value is -2.21. The lowest BCUT2D eigenvalue weighted by Gasteiger charge is -2.41. The number of piperidine rings is 1. The topological polar surface area (TPSA) is 65.1 Å². The Labute approximate surface area is 173 Å². The van der Waals surface area contributed by atoms with Crippen molar-refractivity contribution in [1.29, 1.82) is 0 Å². The summed E-state index contributed by atoms with van der Waals surface area (Å²) in [5, 5.41) is 7.57. The Kier molecular flexibility index (Phi) is 5.72. The maximum atomic E-state index is 12.7. The van der Waals surface area contributed by atoms with Crippen molar-refractivity contribution in [3.05, 3.63) is 47.5 Å². The first-order valence-electron chi connectivity index (χ1n) is 10.9. The molecule has 4 rings (SSSR count). The molecule has 2 fully saturated rings. The molecule has 29 heavy (non-hydrogen) atoms. The maximum absolute atomic E-state index is 12.7. The third-order valence-corrected chi connectivity index (χ3v) is 6.68. The van der Waals surface area contributed by atoms with Gasteiger partial charge in [0.1, 0.15) is 5.82 Å². The molecule has 2 aromatic rings. The molecule has 0 radical (unpaired) electrons. The molecule has 0 spiro atoms. The number of carbonyl (C=O) groups is 1. The molecule has 0 saturated carbocycles. The molecule has 0 bridgehead atoms. The van der Waals surface area contributed by atoms with Gasteiger partial charge in [-0.3, -0.25) is 9.89 Å². The number of benzene rings is 1. The molecule has 2 saturated heterocycles. The van der Waals surface area contributed by atoms with Crippen LogP contribution in [0.5, 0.6) is 0 Å². The fourth-order valence-corrected chi connectivity index (χ4v) is 5.07. The molecule has 0 aliphatic carbocycles. The number of fused-ring (bicyclic) bond motifs is 1. The van der Waals surface area contributed by atoms with E-state index < -0.39 is 0 Å². The van der Waals surface area contributed by atoms with Crippen molar-refractivity contribution in [2.75, 3.05) is 32.7 Å². The van der Waals surface area contributed by atoms with Crippen molar-refractivity contribution in [1.82, 2.24) is 25.0 Å². The normalized spacial score (nSPS) is 24.8. The monoisotopic (exact) mass is 395 g/mol. The summed E-state index contributed by atoms with van der Waals surface area (Å²) in [6.45, 7) is 10.7. The van der Waals surface area contributed by atoms with Crippen LogP contribution in [0, 0.1) is 18.8 Å². The van der Waals surface area contributed by atoms with Crippen LogP contribution in [0.1, 0.15) is 43.9 Å². The number of nitrogens with zero attached hydrogens (tertiary/aromatic N) is 4. The van der Waals surface area contributed by atoms with Crippen LogP contribution >= 0.6 is 0 Å². The summed E-state index contributed by atoms with van der Waals surface area (Å²) < 4.78 is 0. The van der Waals surface area contributed by atoms with Crippen molar-refractivity contribution >= 4 is 5.91 Å². The number of aryl methyl sites for hydroxylation is 2. The minimum Gasteiger partial charge on any atom is -0.341 e. The number of rotatable bonds is 6. The lowest BCUT2D eigenvalue weighted by atomic mass is 9.72. The fraction of sp³-hybridized carbons (Fsp3) is 0.609. The number of hydrogen-bond donors (Lipinski definition) is 1. The van der Waals surface area contributed by atoms with Gasteiger partial charge in [0.2, 0.25) is 5.91 Å². The molecule has 2 aliphatic heterocycles. The molecular formula is C23H33N5O. The highest BCUT2D eigenvalue weighted by molar-refractivity contribution is 5.78. The van der Waals surface area contributed by atoms with Gasteiger partial charge in [0.05, 0.1) is 5.41 Å². The van der Waals surface area contributed by atoms with Crippen molar-refractivity contribution in [3.8, 4) is 0 Å². The number of amides is 1. The number of aromatic amines is 1. The average Bonchev–Trinajstić information content (AvgIpc) is 3.32. The Morgan fingerprint density at radius 3 is 2.76 bits per heavy atom. The maximum Gasteiger partial charge on any atom is 0.225 e. The number of likely N-dealkylation sites (tertiary alicyclic amines) is 2. The molecule has 1 amide bonds. The number of H-pyrrole nitrogens is 1. The quantitative estimate of drug-likeness (QED) is 0.817. The number of hydrogen-bond acceptors (Lipinski definition) is 4. The molecule has 6 nitrogen and oxygen atoms in total. The molecule has 156 valence electrons. The van der Waals surface area contributed by atoms with Crippen LogP contribution < -0.4 is 0 Å². The summed E-state index contributed by atoms with van der Waals surface area (Å²) in [7, 11) is 0. The highest BCUT2D eigenvalue weighted by atomic mass is 16.2. The fourth-order valence-electron chi connectivity index (χ4n) is 5.07. The minimum absolute atomic E-state index is 0.0306. The molecule has 6 heteroatoms. The molecule has 1 aromatic carbocycles. The van der Waals surface area contributed by atoms with Crippen LogP contribution in [0.4, 0.5) is 0 Å². The summed E-state index contributed by atoms with van der Waals surface area (Å²) in [6, 6.07) is 10.7. The molecular weight excluding hydrogens is 362 g/mol. The van der Waals surface area contributed by atoms with Crippen molar-refractivity contribution in [2.24, 2.45) is 11.8 Å². The largest absolute Gasteiger partial charge is 0.341 e. The van der Waals surface area contributed by atoms with Crippen molar-refractivity contribution < 1.29 is 4.79 Å². The lowest BCUT2D eigenvalue weighted by molar-refractivity contribution is -0.133. The number of aromatic nitrogens is 3. The summed E-state index contributed by atoms with van der Waals surface area (Å²) in [5.74, 6) is 2.44. The molecule has 0 unspecified atom stereocenters. The van der Waals surface area contributed by atoms with E-state index in [0.717, 1.165) is 63.6 Å². The van der Waals surface area contributed by atoms with Gasteiger partial charge in [0, 0.05) is 31.5 Å². The zero-order valence-corrected chi connectivity index (χ0v) is 17.9. The van der Waals surface area contributed by atoms with E-state index in [1.54, 1.807) is 0 Å². The predicted octanol–water partition coefficient (Wildman–Crippen LogP) is 2.80. The van der Waals surface area contributed by atoms with E-state index in [9.17, 15) is 4.79 Å². The van der Waals surface area contributed by atoms with Crippen LogP contribution in [0.3, 0.4) is 0 Å². The summed E-state index contributed by atoms with van der Waals surface area (Å²) in [6.07, 6.45) is 3.30. The van der Waals surface area contributed by atoms with E-state index in [2.05, 4.69) is 50.3 Å². The first kappa shape index (κ1) is 20.1. The molecule has 2 atom stereocenters. The number of carbonyl (C=O) groups excluding carboxylic acids is 1. The van der Waals surface area contributed by atoms with E-state index in [1.165, 1.54) is 5.56 Å². The van der Waals surface area contributed by atoms with Gasteiger partial charge in [-0.05, 0) is 44.8 Å².